The van der Waals surface area contributed by atoms with Crippen molar-refractivity contribution in [2.45, 2.75) is 25.3 Å². The first kappa shape index (κ1) is 16.2. The second kappa shape index (κ2) is 6.83. The zero-order valence-corrected chi connectivity index (χ0v) is 13.4. The van der Waals surface area contributed by atoms with Gasteiger partial charge in [0.25, 0.3) is 5.91 Å². The fraction of sp³-hybridized carbons (Fsp3) is 0.333. The van der Waals surface area contributed by atoms with E-state index >= 15 is 0 Å². The third-order valence-corrected chi connectivity index (χ3v) is 4.23. The maximum atomic E-state index is 12.4. The third-order valence-electron chi connectivity index (χ3n) is 3.42. The molecule has 1 aliphatic carbocycles. The highest BCUT2D eigenvalue weighted by Crippen LogP contribution is 2.28. The van der Waals surface area contributed by atoms with Gasteiger partial charge in [-0.1, -0.05) is 0 Å². The largest absolute Gasteiger partial charge is 0.481 e. The number of rotatable bonds is 7. The molecular formula is C15H15N3O5S. The van der Waals surface area contributed by atoms with Crippen molar-refractivity contribution in [1.82, 2.24) is 9.88 Å². The van der Waals surface area contributed by atoms with Gasteiger partial charge in [-0.15, -0.1) is 11.3 Å². The summed E-state index contributed by atoms with van der Waals surface area (Å²) in [6, 6.07) is 3.24. The second-order valence-electron chi connectivity index (χ2n) is 5.40. The predicted octanol–water partition coefficient (Wildman–Crippen LogP) is 1.61. The lowest BCUT2D eigenvalue weighted by Crippen LogP contribution is -2.39. The second-order valence-corrected chi connectivity index (χ2v) is 6.26. The lowest BCUT2D eigenvalue weighted by molar-refractivity contribution is -0.136. The molecule has 0 aliphatic heterocycles. The van der Waals surface area contributed by atoms with E-state index in [2.05, 4.69) is 10.3 Å². The van der Waals surface area contributed by atoms with Gasteiger partial charge in [-0.3, -0.25) is 14.4 Å². The van der Waals surface area contributed by atoms with E-state index in [0.717, 1.165) is 24.2 Å². The summed E-state index contributed by atoms with van der Waals surface area (Å²) < 4.78 is 5.11. The smallest absolute Gasteiger partial charge is 0.309 e. The number of hydrogen-bond donors (Lipinski definition) is 2. The van der Waals surface area contributed by atoms with Crippen LogP contribution in [-0.4, -0.2) is 45.4 Å². The maximum absolute atomic E-state index is 12.4. The Morgan fingerprint density at radius 1 is 1.42 bits per heavy atom. The van der Waals surface area contributed by atoms with Crippen molar-refractivity contribution in [3.8, 4) is 0 Å². The molecule has 0 saturated heterocycles. The summed E-state index contributed by atoms with van der Waals surface area (Å²) in [6.45, 7) is -0.0992. The van der Waals surface area contributed by atoms with Gasteiger partial charge in [-0.25, -0.2) is 4.98 Å². The van der Waals surface area contributed by atoms with E-state index in [1.54, 1.807) is 17.5 Å². The standard InChI is InChI=1S/C15H15N3O5S/c19-12(17-15-16-9(8-24-15)6-13(20)21)7-18(10-3-4-10)14(22)11-2-1-5-23-11/h1-2,5,8,10H,3-4,6-7H2,(H,20,21)(H,16,17,19). The summed E-state index contributed by atoms with van der Waals surface area (Å²) in [5, 5.41) is 13.2. The lowest BCUT2D eigenvalue weighted by atomic mass is 10.3. The predicted molar refractivity (Wildman–Crippen MR) is 84.9 cm³/mol. The van der Waals surface area contributed by atoms with E-state index in [0.29, 0.717) is 10.8 Å². The van der Waals surface area contributed by atoms with Crippen LogP contribution in [0.2, 0.25) is 0 Å². The van der Waals surface area contributed by atoms with Crippen molar-refractivity contribution in [3.05, 3.63) is 35.2 Å². The van der Waals surface area contributed by atoms with Gasteiger partial charge in [0.1, 0.15) is 6.54 Å². The van der Waals surface area contributed by atoms with Crippen LogP contribution in [0, 0.1) is 0 Å². The van der Waals surface area contributed by atoms with Crippen LogP contribution in [0.5, 0.6) is 0 Å². The molecule has 2 aromatic rings. The Balaban J connectivity index is 1.61. The van der Waals surface area contributed by atoms with E-state index in [1.165, 1.54) is 11.2 Å². The molecule has 0 radical (unpaired) electrons. The minimum absolute atomic E-state index is 0.0483. The molecule has 2 heterocycles. The zero-order chi connectivity index (χ0) is 17.1. The molecule has 9 heteroatoms. The van der Waals surface area contributed by atoms with Crippen LogP contribution < -0.4 is 5.32 Å². The molecule has 3 rings (SSSR count). The number of anilines is 1. The van der Waals surface area contributed by atoms with Crippen molar-refractivity contribution in [2.24, 2.45) is 0 Å². The normalized spacial score (nSPS) is 13.5. The Morgan fingerprint density at radius 2 is 2.21 bits per heavy atom. The molecule has 2 amide bonds. The molecule has 8 nitrogen and oxygen atoms in total. The zero-order valence-electron chi connectivity index (χ0n) is 12.6. The quantitative estimate of drug-likeness (QED) is 0.785. The van der Waals surface area contributed by atoms with Crippen LogP contribution in [0.25, 0.3) is 0 Å². The van der Waals surface area contributed by atoms with Gasteiger partial charge in [0.15, 0.2) is 10.9 Å². The number of amides is 2. The molecule has 2 N–H and O–H groups in total. The van der Waals surface area contributed by atoms with Gasteiger partial charge >= 0.3 is 5.97 Å². The Kier molecular flexibility index (Phi) is 4.61. The van der Waals surface area contributed by atoms with Crippen molar-refractivity contribution in [3.63, 3.8) is 0 Å². The first-order valence-corrected chi connectivity index (χ1v) is 8.21. The molecule has 0 atom stereocenters. The van der Waals surface area contributed by atoms with Gasteiger partial charge in [-0.05, 0) is 25.0 Å². The Hall–Kier alpha value is -2.68. The highest BCUT2D eigenvalue weighted by Gasteiger charge is 2.35. The van der Waals surface area contributed by atoms with E-state index < -0.39 is 5.97 Å². The molecule has 126 valence electrons. The van der Waals surface area contributed by atoms with Crippen LogP contribution in [0.15, 0.2) is 28.2 Å². The molecule has 0 spiro atoms. The minimum Gasteiger partial charge on any atom is -0.481 e. The molecule has 0 aromatic carbocycles. The molecule has 0 bridgehead atoms. The number of thiazole rings is 1. The van der Waals surface area contributed by atoms with Crippen LogP contribution in [0.4, 0.5) is 5.13 Å². The number of carboxylic acid groups (broad SMARTS) is 1. The van der Waals surface area contributed by atoms with Gasteiger partial charge in [0, 0.05) is 11.4 Å². The van der Waals surface area contributed by atoms with E-state index in [9.17, 15) is 14.4 Å². The van der Waals surface area contributed by atoms with E-state index in [4.69, 9.17) is 9.52 Å². The summed E-state index contributed by atoms with van der Waals surface area (Å²) in [5.41, 5.74) is 0.383. The number of carbonyl (C=O) groups excluding carboxylic acids is 2. The lowest BCUT2D eigenvalue weighted by Gasteiger charge is -2.20. The van der Waals surface area contributed by atoms with Gasteiger partial charge < -0.3 is 19.7 Å². The average Bonchev–Trinajstić information content (AvgIpc) is 3.03. The fourth-order valence-corrected chi connectivity index (χ4v) is 2.94. The Bertz CT molecular complexity index is 751. The number of carboxylic acids is 1. The number of nitrogens with zero attached hydrogens (tertiary/aromatic N) is 2. The molecule has 2 aromatic heterocycles. The monoisotopic (exact) mass is 349 g/mol. The van der Waals surface area contributed by atoms with Crippen LogP contribution in [0.3, 0.4) is 0 Å². The molecule has 1 saturated carbocycles. The Labute approximate surface area is 141 Å². The van der Waals surface area contributed by atoms with Gasteiger partial charge in [-0.2, -0.15) is 0 Å². The highest BCUT2D eigenvalue weighted by molar-refractivity contribution is 7.13. The highest BCUT2D eigenvalue weighted by atomic mass is 32.1. The molecular weight excluding hydrogens is 334 g/mol. The summed E-state index contributed by atoms with van der Waals surface area (Å²) >= 11 is 1.15. The maximum Gasteiger partial charge on any atom is 0.309 e. The van der Waals surface area contributed by atoms with Crippen LogP contribution in [0.1, 0.15) is 29.1 Å². The summed E-state index contributed by atoms with van der Waals surface area (Å²) in [4.78, 5) is 40.7. The van der Waals surface area contributed by atoms with E-state index in [-0.39, 0.29) is 36.6 Å². The first-order chi connectivity index (χ1) is 11.5. The number of aromatic nitrogens is 1. The molecule has 0 unspecified atom stereocenters. The number of aliphatic carboxylic acids is 1. The van der Waals surface area contributed by atoms with Gasteiger partial charge in [0.2, 0.25) is 5.91 Å². The van der Waals surface area contributed by atoms with Gasteiger partial charge in [0.05, 0.1) is 18.4 Å². The number of hydrogen-bond acceptors (Lipinski definition) is 6. The number of carbonyl (C=O) groups is 3. The number of furan rings is 1. The summed E-state index contributed by atoms with van der Waals surface area (Å²) in [5.74, 6) is -1.48. The van der Waals surface area contributed by atoms with Crippen molar-refractivity contribution in [2.75, 3.05) is 11.9 Å². The molecule has 1 fully saturated rings. The number of nitrogens with one attached hydrogen (secondary N) is 1. The summed E-state index contributed by atoms with van der Waals surface area (Å²) in [6.07, 6.45) is 2.94. The molecule has 1 aliphatic rings. The Morgan fingerprint density at radius 3 is 2.83 bits per heavy atom. The van der Waals surface area contributed by atoms with Crippen molar-refractivity contribution in [1.29, 1.82) is 0 Å². The topological polar surface area (TPSA) is 113 Å². The van der Waals surface area contributed by atoms with Crippen molar-refractivity contribution < 1.29 is 23.9 Å². The molecule has 24 heavy (non-hydrogen) atoms. The fourth-order valence-electron chi connectivity index (χ4n) is 2.21. The SMILES string of the molecule is O=C(O)Cc1csc(NC(=O)CN(C(=O)c2ccco2)C2CC2)n1. The first-order valence-electron chi connectivity index (χ1n) is 7.33. The van der Waals surface area contributed by atoms with Crippen molar-refractivity contribution >= 4 is 34.3 Å². The van der Waals surface area contributed by atoms with E-state index in [1.807, 2.05) is 0 Å². The minimum atomic E-state index is -0.984. The van der Waals surface area contributed by atoms with Crippen LogP contribution in [-0.2, 0) is 16.0 Å². The third kappa shape index (κ3) is 3.99. The van der Waals surface area contributed by atoms with Crippen LogP contribution >= 0.6 is 11.3 Å². The average molecular weight is 349 g/mol. The summed E-state index contributed by atoms with van der Waals surface area (Å²) in [7, 11) is 0.